The molecule has 0 aliphatic carbocycles. The van der Waals surface area contributed by atoms with Gasteiger partial charge in [-0.25, -0.2) is 0 Å². The zero-order valence-corrected chi connectivity index (χ0v) is 10.6. The van der Waals surface area contributed by atoms with E-state index in [0.717, 1.165) is 17.7 Å². The van der Waals surface area contributed by atoms with Crippen LogP contribution in [0.5, 0.6) is 5.75 Å². The maximum atomic E-state index is 6.04. The Morgan fingerprint density at radius 1 is 1.39 bits per heavy atom. The van der Waals surface area contributed by atoms with Crippen LogP contribution in [0.2, 0.25) is 0 Å². The lowest BCUT2D eigenvalue weighted by atomic mass is 10.0. The molecule has 0 amide bonds. The predicted molar refractivity (Wildman–Crippen MR) is 67.0 cm³/mol. The minimum absolute atomic E-state index is 0.0202. The number of hydrogen-bond donors (Lipinski definition) is 1. The second-order valence-electron chi connectivity index (χ2n) is 4.07. The molecule has 96 valence electrons. The van der Waals surface area contributed by atoms with Gasteiger partial charge in [0.25, 0.3) is 0 Å². The van der Waals surface area contributed by atoms with Crippen LogP contribution in [-0.2, 0) is 6.61 Å². The summed E-state index contributed by atoms with van der Waals surface area (Å²) in [5.41, 5.74) is 7.04. The lowest BCUT2D eigenvalue weighted by Crippen LogP contribution is -2.11. The van der Waals surface area contributed by atoms with Crippen molar-refractivity contribution in [1.29, 1.82) is 0 Å². The zero-order valence-electron chi connectivity index (χ0n) is 10.6. The Balaban J connectivity index is 2.09. The molecule has 0 fully saturated rings. The van der Waals surface area contributed by atoms with Crippen molar-refractivity contribution < 1.29 is 9.26 Å². The van der Waals surface area contributed by atoms with Crippen LogP contribution in [0.4, 0.5) is 0 Å². The smallest absolute Gasteiger partial charge is 0.223 e. The molecule has 1 heterocycles. The van der Waals surface area contributed by atoms with E-state index in [4.69, 9.17) is 15.0 Å². The first kappa shape index (κ1) is 12.6. The van der Waals surface area contributed by atoms with Crippen LogP contribution in [0.15, 0.2) is 28.8 Å². The van der Waals surface area contributed by atoms with Gasteiger partial charge in [0.1, 0.15) is 5.75 Å². The van der Waals surface area contributed by atoms with Gasteiger partial charge in [0.05, 0.1) is 0 Å². The number of rotatable bonds is 5. The fourth-order valence-electron chi connectivity index (χ4n) is 1.68. The molecule has 5 nitrogen and oxygen atoms in total. The van der Waals surface area contributed by atoms with Gasteiger partial charge in [-0.3, -0.25) is 0 Å². The molecule has 2 rings (SSSR count). The fraction of sp³-hybridized carbons (Fsp3) is 0.385. The fourth-order valence-corrected chi connectivity index (χ4v) is 1.68. The summed E-state index contributed by atoms with van der Waals surface area (Å²) in [5, 5.41) is 3.78. The summed E-state index contributed by atoms with van der Waals surface area (Å²) in [5.74, 6) is 1.84. The van der Waals surface area contributed by atoms with Crippen LogP contribution in [0.3, 0.4) is 0 Å². The second kappa shape index (κ2) is 5.64. The van der Waals surface area contributed by atoms with E-state index in [1.807, 2.05) is 31.2 Å². The highest BCUT2D eigenvalue weighted by Crippen LogP contribution is 2.25. The van der Waals surface area contributed by atoms with Crippen molar-refractivity contribution in [3.8, 4) is 5.75 Å². The van der Waals surface area contributed by atoms with E-state index in [9.17, 15) is 0 Å². The number of benzene rings is 1. The second-order valence-corrected chi connectivity index (χ2v) is 4.07. The highest BCUT2D eigenvalue weighted by atomic mass is 16.5. The quantitative estimate of drug-likeness (QED) is 0.877. The Hall–Kier alpha value is -1.88. The number of para-hydroxylation sites is 1. The molecule has 0 spiro atoms. The molecule has 0 aliphatic heterocycles. The third-order valence-electron chi connectivity index (χ3n) is 2.68. The first-order valence-corrected chi connectivity index (χ1v) is 5.97. The molecule has 2 aromatic rings. The Bertz CT molecular complexity index is 510. The lowest BCUT2D eigenvalue weighted by molar-refractivity contribution is 0.281. The molecule has 5 heteroatoms. The molecule has 1 aromatic carbocycles. The number of hydrogen-bond acceptors (Lipinski definition) is 5. The maximum absolute atomic E-state index is 6.04. The van der Waals surface area contributed by atoms with E-state index in [2.05, 4.69) is 10.1 Å². The summed E-state index contributed by atoms with van der Waals surface area (Å²) in [7, 11) is 0. The van der Waals surface area contributed by atoms with Crippen molar-refractivity contribution in [2.45, 2.75) is 32.9 Å². The Morgan fingerprint density at radius 2 is 2.17 bits per heavy atom. The number of aromatic nitrogens is 2. The normalized spacial score (nSPS) is 12.4. The number of ether oxygens (including phenoxy) is 1. The first-order valence-electron chi connectivity index (χ1n) is 5.97. The highest BCUT2D eigenvalue weighted by molar-refractivity contribution is 5.35. The topological polar surface area (TPSA) is 74.2 Å². The average Bonchev–Trinajstić information content (AvgIpc) is 2.81. The molecule has 0 saturated heterocycles. The van der Waals surface area contributed by atoms with Crippen LogP contribution < -0.4 is 10.5 Å². The molecule has 0 aliphatic rings. The van der Waals surface area contributed by atoms with Crippen LogP contribution >= 0.6 is 0 Å². The standard InChI is InChI=1S/C13H17N3O2/c1-3-11(14)10-6-4-5-7-12(10)17-8-13-15-9(2)18-16-13/h4-7,11H,3,8,14H2,1-2H3/t11-/m0/s1. The molecular formula is C13H17N3O2. The van der Waals surface area contributed by atoms with Crippen LogP contribution in [-0.4, -0.2) is 10.1 Å². The highest BCUT2D eigenvalue weighted by Gasteiger charge is 2.11. The number of aryl methyl sites for hydroxylation is 1. The Morgan fingerprint density at radius 3 is 2.83 bits per heavy atom. The molecule has 0 saturated carbocycles. The van der Waals surface area contributed by atoms with E-state index in [0.29, 0.717) is 11.7 Å². The van der Waals surface area contributed by atoms with Crippen molar-refractivity contribution in [1.82, 2.24) is 10.1 Å². The number of nitrogens with zero attached hydrogens (tertiary/aromatic N) is 2. The van der Waals surface area contributed by atoms with Crippen molar-refractivity contribution in [3.63, 3.8) is 0 Å². The summed E-state index contributed by atoms with van der Waals surface area (Å²) in [6.45, 7) is 4.08. The van der Waals surface area contributed by atoms with Gasteiger partial charge < -0.3 is 15.0 Å². The van der Waals surface area contributed by atoms with Gasteiger partial charge in [-0.2, -0.15) is 4.98 Å². The molecule has 1 aromatic heterocycles. The maximum Gasteiger partial charge on any atom is 0.223 e. The minimum atomic E-state index is -0.0202. The SMILES string of the molecule is CC[C@H](N)c1ccccc1OCc1noc(C)n1. The van der Waals surface area contributed by atoms with Gasteiger partial charge in [0, 0.05) is 18.5 Å². The molecule has 0 bridgehead atoms. The molecular weight excluding hydrogens is 230 g/mol. The van der Waals surface area contributed by atoms with E-state index >= 15 is 0 Å². The van der Waals surface area contributed by atoms with Gasteiger partial charge in [0.2, 0.25) is 11.7 Å². The van der Waals surface area contributed by atoms with Gasteiger partial charge >= 0.3 is 0 Å². The van der Waals surface area contributed by atoms with Crippen molar-refractivity contribution in [2.24, 2.45) is 5.73 Å². The van der Waals surface area contributed by atoms with E-state index in [-0.39, 0.29) is 12.6 Å². The van der Waals surface area contributed by atoms with Crippen molar-refractivity contribution >= 4 is 0 Å². The molecule has 2 N–H and O–H groups in total. The molecule has 18 heavy (non-hydrogen) atoms. The van der Waals surface area contributed by atoms with E-state index < -0.39 is 0 Å². The summed E-state index contributed by atoms with van der Waals surface area (Å²) < 4.78 is 10.6. The summed E-state index contributed by atoms with van der Waals surface area (Å²) in [4.78, 5) is 4.09. The van der Waals surface area contributed by atoms with E-state index in [1.54, 1.807) is 6.92 Å². The third kappa shape index (κ3) is 2.87. The largest absolute Gasteiger partial charge is 0.485 e. The molecule has 1 atom stereocenters. The van der Waals surface area contributed by atoms with Crippen LogP contribution in [0.1, 0.15) is 36.7 Å². The van der Waals surface area contributed by atoms with Crippen LogP contribution in [0, 0.1) is 6.92 Å². The van der Waals surface area contributed by atoms with Gasteiger partial charge in [-0.05, 0) is 12.5 Å². The average molecular weight is 247 g/mol. The summed E-state index contributed by atoms with van der Waals surface area (Å²) >= 11 is 0. The Labute approximate surface area is 106 Å². The van der Waals surface area contributed by atoms with Gasteiger partial charge in [0.15, 0.2) is 6.61 Å². The summed E-state index contributed by atoms with van der Waals surface area (Å²) in [6.07, 6.45) is 0.863. The predicted octanol–water partition coefficient (Wildman–Crippen LogP) is 2.37. The minimum Gasteiger partial charge on any atom is -0.485 e. The van der Waals surface area contributed by atoms with Crippen LogP contribution in [0.25, 0.3) is 0 Å². The van der Waals surface area contributed by atoms with Crippen molar-refractivity contribution in [2.75, 3.05) is 0 Å². The lowest BCUT2D eigenvalue weighted by Gasteiger charge is -2.14. The van der Waals surface area contributed by atoms with Crippen molar-refractivity contribution in [3.05, 3.63) is 41.5 Å². The molecule has 0 unspecified atom stereocenters. The van der Waals surface area contributed by atoms with E-state index in [1.165, 1.54) is 0 Å². The number of nitrogens with two attached hydrogens (primary N) is 1. The Kier molecular flexibility index (Phi) is 3.94. The summed E-state index contributed by atoms with van der Waals surface area (Å²) in [6, 6.07) is 7.73. The van der Waals surface area contributed by atoms with Gasteiger partial charge in [-0.15, -0.1) is 0 Å². The monoisotopic (exact) mass is 247 g/mol. The third-order valence-corrected chi connectivity index (χ3v) is 2.68. The van der Waals surface area contributed by atoms with Gasteiger partial charge in [-0.1, -0.05) is 30.3 Å². The zero-order chi connectivity index (χ0) is 13.0. The molecule has 0 radical (unpaired) electrons. The first-order chi connectivity index (χ1) is 8.70.